The monoisotopic (exact) mass is 243 g/mol. The molecular weight excluding hydrogens is 227 g/mol. The second-order valence-corrected chi connectivity index (χ2v) is 4.53. The van der Waals surface area contributed by atoms with E-state index in [2.05, 4.69) is 5.32 Å². The summed E-state index contributed by atoms with van der Waals surface area (Å²) >= 11 is 0. The first-order valence-corrected chi connectivity index (χ1v) is 5.95. The van der Waals surface area contributed by atoms with E-state index >= 15 is 0 Å². The van der Waals surface area contributed by atoms with Crippen LogP contribution in [0.4, 0.5) is 13.2 Å². The topological polar surface area (TPSA) is 12.0 Å². The van der Waals surface area contributed by atoms with Gasteiger partial charge in [0.15, 0.2) is 0 Å². The molecule has 0 unspecified atom stereocenters. The van der Waals surface area contributed by atoms with Crippen LogP contribution in [-0.2, 0) is 12.6 Å². The van der Waals surface area contributed by atoms with Crippen molar-refractivity contribution in [3.05, 3.63) is 35.4 Å². The van der Waals surface area contributed by atoms with Crippen LogP contribution in [0.25, 0.3) is 0 Å². The van der Waals surface area contributed by atoms with Crippen molar-refractivity contribution in [1.82, 2.24) is 5.32 Å². The van der Waals surface area contributed by atoms with Crippen molar-refractivity contribution in [3.63, 3.8) is 0 Å². The van der Waals surface area contributed by atoms with Gasteiger partial charge >= 0.3 is 6.18 Å². The second kappa shape index (κ2) is 5.08. The summed E-state index contributed by atoms with van der Waals surface area (Å²) in [6, 6.07) is 6.26. The van der Waals surface area contributed by atoms with Crippen molar-refractivity contribution in [1.29, 1.82) is 0 Å². The van der Waals surface area contributed by atoms with Crippen molar-refractivity contribution in [2.75, 3.05) is 6.54 Å². The van der Waals surface area contributed by atoms with Gasteiger partial charge in [-0.05, 0) is 43.9 Å². The number of nitrogens with one attached hydrogen (secondary N) is 1. The Hall–Kier alpha value is -1.03. The zero-order valence-electron chi connectivity index (χ0n) is 9.56. The van der Waals surface area contributed by atoms with E-state index in [1.54, 1.807) is 6.07 Å². The first-order valence-electron chi connectivity index (χ1n) is 5.95. The van der Waals surface area contributed by atoms with Gasteiger partial charge in [-0.2, -0.15) is 13.2 Å². The summed E-state index contributed by atoms with van der Waals surface area (Å²) in [4.78, 5) is 0. The number of rotatable bonds is 5. The Labute approximate surface area is 99.0 Å². The molecule has 1 aromatic rings. The average Bonchev–Trinajstić information content (AvgIpc) is 3.08. The van der Waals surface area contributed by atoms with E-state index in [-0.39, 0.29) is 0 Å². The highest BCUT2D eigenvalue weighted by Crippen LogP contribution is 2.29. The number of benzene rings is 1. The molecule has 1 aliphatic carbocycles. The van der Waals surface area contributed by atoms with Crippen LogP contribution in [0, 0.1) is 0 Å². The highest BCUT2D eigenvalue weighted by atomic mass is 19.4. The van der Waals surface area contributed by atoms with E-state index in [9.17, 15) is 13.2 Å². The lowest BCUT2D eigenvalue weighted by molar-refractivity contribution is -0.137. The molecule has 2 rings (SSSR count). The Morgan fingerprint density at radius 3 is 2.65 bits per heavy atom. The Morgan fingerprint density at radius 1 is 1.24 bits per heavy atom. The molecule has 0 aliphatic heterocycles. The van der Waals surface area contributed by atoms with Gasteiger partial charge in [0.2, 0.25) is 0 Å². The standard InChI is InChI=1S/C13H16F3N/c14-13(15,16)11-5-1-3-10(9-11)4-2-8-17-12-6-7-12/h1,3,5,9,12,17H,2,4,6-8H2. The molecule has 1 nitrogen and oxygen atoms in total. The first kappa shape index (κ1) is 12.4. The third-order valence-corrected chi connectivity index (χ3v) is 2.91. The van der Waals surface area contributed by atoms with E-state index < -0.39 is 11.7 Å². The van der Waals surface area contributed by atoms with Crippen LogP contribution < -0.4 is 5.32 Å². The van der Waals surface area contributed by atoms with Gasteiger partial charge in [-0.25, -0.2) is 0 Å². The number of halogens is 3. The Bertz CT molecular complexity index is 369. The summed E-state index contributed by atoms with van der Waals surface area (Å²) < 4.78 is 37.4. The van der Waals surface area contributed by atoms with Gasteiger partial charge in [0.05, 0.1) is 5.56 Å². The Balaban J connectivity index is 1.82. The van der Waals surface area contributed by atoms with Gasteiger partial charge < -0.3 is 5.32 Å². The molecule has 1 aliphatic rings. The maximum Gasteiger partial charge on any atom is 0.416 e. The van der Waals surface area contributed by atoms with Gasteiger partial charge in [-0.3, -0.25) is 0 Å². The van der Waals surface area contributed by atoms with E-state index in [4.69, 9.17) is 0 Å². The fourth-order valence-electron chi connectivity index (χ4n) is 1.79. The number of alkyl halides is 3. The SMILES string of the molecule is FC(F)(F)c1cccc(CCCNC2CC2)c1. The number of hydrogen-bond acceptors (Lipinski definition) is 1. The predicted molar refractivity (Wildman–Crippen MR) is 60.8 cm³/mol. The molecule has 4 heteroatoms. The summed E-state index contributed by atoms with van der Waals surface area (Å²) in [7, 11) is 0. The van der Waals surface area contributed by atoms with Crippen LogP contribution in [0.1, 0.15) is 30.4 Å². The quantitative estimate of drug-likeness (QED) is 0.782. The number of hydrogen-bond donors (Lipinski definition) is 1. The molecule has 0 aromatic heterocycles. The van der Waals surface area contributed by atoms with Gasteiger partial charge in [-0.15, -0.1) is 0 Å². The van der Waals surface area contributed by atoms with Crippen LogP contribution in [0.15, 0.2) is 24.3 Å². The molecule has 1 N–H and O–H groups in total. The van der Waals surface area contributed by atoms with Crippen LogP contribution in [0.5, 0.6) is 0 Å². The minimum absolute atomic E-state index is 0.551. The van der Waals surface area contributed by atoms with Crippen LogP contribution in [0.3, 0.4) is 0 Å². The fourth-order valence-corrected chi connectivity index (χ4v) is 1.79. The Kier molecular flexibility index (Phi) is 3.72. The van der Waals surface area contributed by atoms with Crippen molar-refractivity contribution in [3.8, 4) is 0 Å². The van der Waals surface area contributed by atoms with Gasteiger partial charge in [0.25, 0.3) is 0 Å². The molecule has 0 heterocycles. The normalized spacial score (nSPS) is 16.2. The van der Waals surface area contributed by atoms with Gasteiger partial charge in [0.1, 0.15) is 0 Å². The summed E-state index contributed by atoms with van der Waals surface area (Å²) in [5, 5.41) is 3.35. The van der Waals surface area contributed by atoms with Crippen LogP contribution in [0.2, 0.25) is 0 Å². The lowest BCUT2D eigenvalue weighted by Gasteiger charge is -2.08. The summed E-state index contributed by atoms with van der Waals surface area (Å²) in [5.74, 6) is 0. The third kappa shape index (κ3) is 4.04. The molecule has 0 amide bonds. The minimum Gasteiger partial charge on any atom is -0.314 e. The molecule has 0 bridgehead atoms. The van der Waals surface area contributed by atoms with Crippen molar-refractivity contribution < 1.29 is 13.2 Å². The van der Waals surface area contributed by atoms with Gasteiger partial charge in [0, 0.05) is 6.04 Å². The molecule has 0 radical (unpaired) electrons. The fraction of sp³-hybridized carbons (Fsp3) is 0.538. The Morgan fingerprint density at radius 2 is 2.00 bits per heavy atom. The van der Waals surface area contributed by atoms with Crippen molar-refractivity contribution in [2.24, 2.45) is 0 Å². The van der Waals surface area contributed by atoms with E-state index in [0.29, 0.717) is 12.5 Å². The van der Waals surface area contributed by atoms with E-state index in [1.807, 2.05) is 0 Å². The van der Waals surface area contributed by atoms with E-state index in [1.165, 1.54) is 25.0 Å². The predicted octanol–water partition coefficient (Wildman–Crippen LogP) is 3.39. The summed E-state index contributed by atoms with van der Waals surface area (Å²) in [6.45, 7) is 0.890. The largest absolute Gasteiger partial charge is 0.416 e. The lowest BCUT2D eigenvalue weighted by Crippen LogP contribution is -2.17. The molecular formula is C13H16F3N. The molecule has 0 spiro atoms. The van der Waals surface area contributed by atoms with E-state index in [0.717, 1.165) is 24.6 Å². The molecule has 0 atom stereocenters. The molecule has 17 heavy (non-hydrogen) atoms. The highest BCUT2D eigenvalue weighted by Gasteiger charge is 2.30. The third-order valence-electron chi connectivity index (χ3n) is 2.91. The summed E-state index contributed by atoms with van der Waals surface area (Å²) in [6.07, 6.45) is -0.170. The molecule has 0 saturated heterocycles. The van der Waals surface area contributed by atoms with Crippen molar-refractivity contribution >= 4 is 0 Å². The van der Waals surface area contributed by atoms with Gasteiger partial charge in [-0.1, -0.05) is 18.2 Å². The maximum atomic E-state index is 12.5. The zero-order chi connectivity index (χ0) is 12.3. The smallest absolute Gasteiger partial charge is 0.314 e. The highest BCUT2D eigenvalue weighted by molar-refractivity contribution is 5.25. The van der Waals surface area contributed by atoms with Crippen LogP contribution in [-0.4, -0.2) is 12.6 Å². The molecule has 1 fully saturated rings. The zero-order valence-corrected chi connectivity index (χ0v) is 9.56. The molecule has 1 aromatic carbocycles. The maximum absolute atomic E-state index is 12.5. The first-order chi connectivity index (χ1) is 8.05. The lowest BCUT2D eigenvalue weighted by atomic mass is 10.1. The molecule has 1 saturated carbocycles. The average molecular weight is 243 g/mol. The molecule has 94 valence electrons. The number of aryl methyl sites for hydroxylation is 1. The van der Waals surface area contributed by atoms with Crippen LogP contribution >= 0.6 is 0 Å². The second-order valence-electron chi connectivity index (χ2n) is 4.53. The summed E-state index contributed by atoms with van der Waals surface area (Å²) in [5.41, 5.74) is 0.211. The van der Waals surface area contributed by atoms with Crippen molar-refractivity contribution in [2.45, 2.75) is 37.9 Å². The minimum atomic E-state index is -4.23.